The van der Waals surface area contributed by atoms with Gasteiger partial charge in [0.1, 0.15) is 0 Å². The highest BCUT2D eigenvalue weighted by Crippen LogP contribution is 2.59. The molecule has 2 nitrogen and oxygen atoms in total. The molecule has 3 heterocycles. The van der Waals surface area contributed by atoms with Crippen LogP contribution in [0.2, 0.25) is 0 Å². The topological polar surface area (TPSA) is 8.17 Å². The Kier molecular flexibility index (Phi) is 3.99. The van der Waals surface area contributed by atoms with Crippen molar-refractivity contribution in [2.45, 2.75) is 52.6 Å². The normalized spacial score (nSPS) is 32.4. The van der Waals surface area contributed by atoms with Crippen molar-refractivity contribution in [3.05, 3.63) is 77.9 Å². The molecule has 0 radical (unpaired) electrons. The Morgan fingerprint density at radius 1 is 0.806 bits per heavy atom. The van der Waals surface area contributed by atoms with E-state index in [1.165, 1.54) is 39.6 Å². The molecule has 2 aliphatic heterocycles. The van der Waals surface area contributed by atoms with Gasteiger partial charge in [0.2, 0.25) is 0 Å². The minimum Gasteiger partial charge on any atom is -0.309 e. The molecular weight excluding hydrogens is 376 g/mol. The quantitative estimate of drug-likeness (QED) is 0.349. The van der Waals surface area contributed by atoms with Gasteiger partial charge in [-0.2, -0.15) is 0 Å². The van der Waals surface area contributed by atoms with Crippen LogP contribution in [0, 0.1) is 18.3 Å². The summed E-state index contributed by atoms with van der Waals surface area (Å²) in [6, 6.07) is 25.9. The molecule has 2 aliphatic rings. The molecule has 0 N–H and O–H groups in total. The number of aromatic nitrogens is 1. The summed E-state index contributed by atoms with van der Waals surface area (Å²) in [6.45, 7) is 13.4. The predicted molar refractivity (Wildman–Crippen MR) is 131 cm³/mol. The van der Waals surface area contributed by atoms with Gasteiger partial charge in [0.25, 0.3) is 0 Å². The van der Waals surface area contributed by atoms with Crippen LogP contribution in [-0.4, -0.2) is 28.1 Å². The molecule has 0 saturated carbocycles. The van der Waals surface area contributed by atoms with Crippen LogP contribution in [0.25, 0.3) is 27.5 Å². The van der Waals surface area contributed by atoms with E-state index in [1.54, 1.807) is 5.56 Å². The Bertz CT molecular complexity index is 1300. The third kappa shape index (κ3) is 2.43. The van der Waals surface area contributed by atoms with Gasteiger partial charge in [-0.05, 0) is 73.6 Å². The highest BCUT2D eigenvalue weighted by atomic mass is 15.3. The van der Waals surface area contributed by atoms with Gasteiger partial charge in [-0.25, -0.2) is 0 Å². The standard InChI is InChI=1S/C29H32N2/c1-18-15-27-25(16-24(18)28-21(4)30-17-29(28,5)19(2)20(30)3)23-13-9-10-14-26(23)31(27)22-11-7-6-8-12-22/h6-16,19-21,28H,17H2,1-5H3/t19?,20?,21-,28?,29?/m1/s1. The van der Waals surface area contributed by atoms with E-state index < -0.39 is 0 Å². The molecule has 6 rings (SSSR count). The van der Waals surface area contributed by atoms with Crippen molar-refractivity contribution in [2.75, 3.05) is 6.54 Å². The van der Waals surface area contributed by atoms with Gasteiger partial charge in [-0.15, -0.1) is 0 Å². The Morgan fingerprint density at radius 2 is 1.52 bits per heavy atom. The molecule has 0 amide bonds. The van der Waals surface area contributed by atoms with Crippen LogP contribution in [-0.2, 0) is 0 Å². The Labute approximate surface area is 185 Å². The molecule has 6 atom stereocenters. The number of fused-ring (bicyclic) bond motifs is 5. The van der Waals surface area contributed by atoms with Gasteiger partial charge in [0.15, 0.2) is 0 Å². The number of aryl methyl sites for hydroxylation is 1. The smallest absolute Gasteiger partial charge is 0.0543 e. The SMILES string of the molecule is Cc1cc2c(cc1C1[C@@H](C)N3CC1(C)C(C)C3C)c1ccccc1n2-c1ccccc1. The average molecular weight is 409 g/mol. The van der Waals surface area contributed by atoms with E-state index >= 15 is 0 Å². The summed E-state index contributed by atoms with van der Waals surface area (Å²) < 4.78 is 2.43. The molecule has 2 bridgehead atoms. The maximum absolute atomic E-state index is 2.76. The Balaban J connectivity index is 1.62. The second kappa shape index (κ2) is 6.46. The fourth-order valence-corrected chi connectivity index (χ4v) is 7.10. The lowest BCUT2D eigenvalue weighted by molar-refractivity contribution is 0.112. The van der Waals surface area contributed by atoms with Gasteiger partial charge < -0.3 is 4.57 Å². The van der Waals surface area contributed by atoms with E-state index in [0.717, 1.165) is 5.92 Å². The van der Waals surface area contributed by atoms with E-state index in [9.17, 15) is 0 Å². The molecular formula is C29H32N2. The number of nitrogens with zero attached hydrogens (tertiary/aromatic N) is 2. The fourth-order valence-electron chi connectivity index (χ4n) is 7.10. The lowest BCUT2D eigenvalue weighted by Crippen LogP contribution is -2.45. The fraction of sp³-hybridized carbons (Fsp3) is 0.379. The van der Waals surface area contributed by atoms with E-state index in [4.69, 9.17) is 0 Å². The Morgan fingerprint density at radius 3 is 2.26 bits per heavy atom. The monoisotopic (exact) mass is 408 g/mol. The van der Waals surface area contributed by atoms with Crippen molar-refractivity contribution < 1.29 is 0 Å². The van der Waals surface area contributed by atoms with Crippen molar-refractivity contribution >= 4 is 21.8 Å². The molecule has 2 fully saturated rings. The first kappa shape index (κ1) is 19.1. The number of hydrogen-bond donors (Lipinski definition) is 0. The molecule has 31 heavy (non-hydrogen) atoms. The minimum atomic E-state index is 0.342. The third-order valence-electron chi connectivity index (χ3n) is 8.94. The summed E-state index contributed by atoms with van der Waals surface area (Å²) in [6.07, 6.45) is 0. The lowest BCUT2D eigenvalue weighted by atomic mass is 9.63. The van der Waals surface area contributed by atoms with Crippen LogP contribution in [0.15, 0.2) is 66.7 Å². The maximum atomic E-state index is 2.76. The van der Waals surface area contributed by atoms with Crippen molar-refractivity contribution in [2.24, 2.45) is 11.3 Å². The van der Waals surface area contributed by atoms with Crippen LogP contribution in [0.5, 0.6) is 0 Å². The van der Waals surface area contributed by atoms with Gasteiger partial charge in [-0.1, -0.05) is 50.2 Å². The molecule has 4 aromatic rings. The predicted octanol–water partition coefficient (Wildman–Crippen LogP) is 6.92. The summed E-state index contributed by atoms with van der Waals surface area (Å²) in [5, 5.41) is 2.74. The second-order valence-corrected chi connectivity index (χ2v) is 10.3. The summed E-state index contributed by atoms with van der Waals surface area (Å²) in [7, 11) is 0. The highest BCUT2D eigenvalue weighted by molar-refractivity contribution is 6.09. The number of hydrogen-bond acceptors (Lipinski definition) is 1. The third-order valence-corrected chi connectivity index (χ3v) is 8.94. The number of rotatable bonds is 2. The number of piperidine rings is 1. The zero-order chi connectivity index (χ0) is 21.5. The van der Waals surface area contributed by atoms with Gasteiger partial charge in [0, 0.05) is 41.0 Å². The first-order valence-corrected chi connectivity index (χ1v) is 11.8. The van der Waals surface area contributed by atoms with Crippen molar-refractivity contribution in [1.29, 1.82) is 0 Å². The molecule has 1 aromatic heterocycles. The molecule has 158 valence electrons. The zero-order valence-corrected chi connectivity index (χ0v) is 19.3. The summed E-state index contributed by atoms with van der Waals surface area (Å²) in [4.78, 5) is 2.76. The number of benzene rings is 3. The van der Waals surface area contributed by atoms with Crippen LogP contribution in [0.3, 0.4) is 0 Å². The first-order chi connectivity index (χ1) is 14.9. The summed E-state index contributed by atoms with van der Waals surface area (Å²) >= 11 is 0. The van der Waals surface area contributed by atoms with E-state index in [-0.39, 0.29) is 0 Å². The number of para-hydroxylation sites is 2. The summed E-state index contributed by atoms with van der Waals surface area (Å²) in [5.41, 5.74) is 7.16. The molecule has 5 unspecified atom stereocenters. The van der Waals surface area contributed by atoms with Crippen LogP contribution in [0.1, 0.15) is 44.7 Å². The zero-order valence-electron chi connectivity index (χ0n) is 19.3. The molecule has 0 spiro atoms. The van der Waals surface area contributed by atoms with Gasteiger partial charge in [-0.3, -0.25) is 4.90 Å². The van der Waals surface area contributed by atoms with Crippen LogP contribution >= 0.6 is 0 Å². The molecule has 2 saturated heterocycles. The van der Waals surface area contributed by atoms with Crippen molar-refractivity contribution in [3.63, 3.8) is 0 Å². The van der Waals surface area contributed by atoms with Crippen LogP contribution in [0.4, 0.5) is 0 Å². The minimum absolute atomic E-state index is 0.342. The molecule has 2 heteroatoms. The largest absolute Gasteiger partial charge is 0.309 e. The average Bonchev–Trinajstić information content (AvgIpc) is 3.32. The Hall–Kier alpha value is -2.58. The van der Waals surface area contributed by atoms with Crippen molar-refractivity contribution in [1.82, 2.24) is 9.47 Å². The summed E-state index contributed by atoms with van der Waals surface area (Å²) in [5.74, 6) is 1.30. The van der Waals surface area contributed by atoms with E-state index in [0.29, 0.717) is 23.4 Å². The lowest BCUT2D eigenvalue weighted by Gasteiger charge is -2.44. The van der Waals surface area contributed by atoms with E-state index in [2.05, 4.69) is 111 Å². The second-order valence-electron chi connectivity index (χ2n) is 10.3. The van der Waals surface area contributed by atoms with Crippen molar-refractivity contribution in [3.8, 4) is 5.69 Å². The maximum Gasteiger partial charge on any atom is 0.0543 e. The molecule has 3 aromatic carbocycles. The first-order valence-electron chi connectivity index (χ1n) is 11.8. The molecule has 0 aliphatic carbocycles. The van der Waals surface area contributed by atoms with Crippen LogP contribution < -0.4 is 0 Å². The van der Waals surface area contributed by atoms with Gasteiger partial charge >= 0.3 is 0 Å². The highest BCUT2D eigenvalue weighted by Gasteiger charge is 2.59. The van der Waals surface area contributed by atoms with Gasteiger partial charge in [0.05, 0.1) is 11.0 Å². The van der Waals surface area contributed by atoms with E-state index in [1.807, 2.05) is 0 Å².